The molecule has 0 fully saturated rings. The van der Waals surface area contributed by atoms with Gasteiger partial charge in [-0.05, 0) is 36.2 Å². The number of carbonyl (C=O) groups excluding carboxylic acids is 3. The molecule has 1 aliphatic heterocycles. The van der Waals surface area contributed by atoms with Gasteiger partial charge >= 0.3 is 6.36 Å². The summed E-state index contributed by atoms with van der Waals surface area (Å²) in [4.78, 5) is 37.5. The summed E-state index contributed by atoms with van der Waals surface area (Å²) >= 11 is 0. The van der Waals surface area contributed by atoms with Crippen LogP contribution in [0.2, 0.25) is 0 Å². The molecule has 1 heterocycles. The number of hydrogen-bond acceptors (Lipinski definition) is 4. The van der Waals surface area contributed by atoms with Crippen molar-refractivity contribution in [3.8, 4) is 5.75 Å². The van der Waals surface area contributed by atoms with Crippen LogP contribution in [0.25, 0.3) is 0 Å². The van der Waals surface area contributed by atoms with Crippen molar-refractivity contribution in [3.05, 3.63) is 65.2 Å². The molecule has 0 bridgehead atoms. The first-order valence-corrected chi connectivity index (χ1v) is 8.81. The molecule has 1 aliphatic rings. The van der Waals surface area contributed by atoms with E-state index >= 15 is 0 Å². The Bertz CT molecular complexity index is 891. The lowest BCUT2D eigenvalue weighted by Gasteiger charge is -2.13. The largest absolute Gasteiger partial charge is 0.573 e. The van der Waals surface area contributed by atoms with Gasteiger partial charge in [0.15, 0.2) is 0 Å². The Labute approximate surface area is 164 Å². The number of benzene rings is 2. The minimum atomic E-state index is -4.75. The number of alkyl halides is 3. The second-order valence-electron chi connectivity index (χ2n) is 6.38. The SMILES string of the molecule is O=C(CCCN1C(=O)c2ccccc2C1=O)NCc1ccc(OC(F)(F)F)cc1. The van der Waals surface area contributed by atoms with E-state index < -0.39 is 6.36 Å². The van der Waals surface area contributed by atoms with E-state index in [0.29, 0.717) is 23.1 Å². The van der Waals surface area contributed by atoms with Gasteiger partial charge in [0.2, 0.25) is 5.91 Å². The molecular weight excluding hydrogens is 389 g/mol. The lowest BCUT2D eigenvalue weighted by atomic mass is 10.1. The number of ether oxygens (including phenoxy) is 1. The highest BCUT2D eigenvalue weighted by molar-refractivity contribution is 6.21. The van der Waals surface area contributed by atoms with Gasteiger partial charge < -0.3 is 10.1 Å². The van der Waals surface area contributed by atoms with Crippen molar-refractivity contribution in [1.82, 2.24) is 10.2 Å². The number of rotatable bonds is 7. The molecule has 3 amide bonds. The van der Waals surface area contributed by atoms with Gasteiger partial charge in [-0.2, -0.15) is 0 Å². The van der Waals surface area contributed by atoms with Crippen molar-refractivity contribution >= 4 is 17.7 Å². The lowest BCUT2D eigenvalue weighted by Crippen LogP contribution is -2.32. The van der Waals surface area contributed by atoms with E-state index in [1.165, 1.54) is 12.1 Å². The minimum absolute atomic E-state index is 0.0999. The summed E-state index contributed by atoms with van der Waals surface area (Å²) < 4.78 is 40.2. The lowest BCUT2D eigenvalue weighted by molar-refractivity contribution is -0.274. The van der Waals surface area contributed by atoms with Gasteiger partial charge in [0.05, 0.1) is 11.1 Å². The predicted octanol–water partition coefficient (Wildman–Crippen LogP) is 3.28. The van der Waals surface area contributed by atoms with Gasteiger partial charge in [-0.3, -0.25) is 19.3 Å². The number of nitrogens with one attached hydrogen (secondary N) is 1. The van der Waals surface area contributed by atoms with Crippen LogP contribution in [0.15, 0.2) is 48.5 Å². The summed E-state index contributed by atoms with van der Waals surface area (Å²) in [5, 5.41) is 2.64. The molecule has 0 saturated carbocycles. The molecule has 9 heteroatoms. The highest BCUT2D eigenvalue weighted by atomic mass is 19.4. The number of nitrogens with zero attached hydrogens (tertiary/aromatic N) is 1. The highest BCUT2D eigenvalue weighted by Gasteiger charge is 2.34. The predicted molar refractivity (Wildman–Crippen MR) is 96.0 cm³/mol. The second kappa shape index (κ2) is 8.34. The molecule has 2 aromatic rings. The highest BCUT2D eigenvalue weighted by Crippen LogP contribution is 2.23. The van der Waals surface area contributed by atoms with Gasteiger partial charge in [-0.1, -0.05) is 24.3 Å². The molecule has 0 unspecified atom stereocenters. The van der Waals surface area contributed by atoms with Crippen LogP contribution in [0.1, 0.15) is 39.1 Å². The van der Waals surface area contributed by atoms with E-state index in [4.69, 9.17) is 0 Å². The Morgan fingerprint density at radius 3 is 2.10 bits per heavy atom. The number of hydrogen-bond donors (Lipinski definition) is 1. The van der Waals surface area contributed by atoms with Crippen molar-refractivity contribution < 1.29 is 32.3 Å². The van der Waals surface area contributed by atoms with Crippen molar-refractivity contribution in [3.63, 3.8) is 0 Å². The number of amides is 3. The first-order valence-electron chi connectivity index (χ1n) is 8.81. The average Bonchev–Trinajstić information content (AvgIpc) is 2.91. The maximum Gasteiger partial charge on any atom is 0.573 e. The Morgan fingerprint density at radius 1 is 0.966 bits per heavy atom. The van der Waals surface area contributed by atoms with E-state index in [2.05, 4.69) is 10.1 Å². The molecule has 0 atom stereocenters. The molecule has 29 heavy (non-hydrogen) atoms. The number of imide groups is 1. The van der Waals surface area contributed by atoms with Gasteiger partial charge in [0.25, 0.3) is 11.8 Å². The Kier molecular flexibility index (Phi) is 5.86. The van der Waals surface area contributed by atoms with E-state index in [9.17, 15) is 27.6 Å². The molecule has 0 saturated heterocycles. The molecule has 6 nitrogen and oxygen atoms in total. The summed E-state index contributed by atoms with van der Waals surface area (Å²) in [7, 11) is 0. The Balaban J connectivity index is 1.42. The van der Waals surface area contributed by atoms with Gasteiger partial charge in [0.1, 0.15) is 5.75 Å². The van der Waals surface area contributed by atoms with Gasteiger partial charge in [-0.25, -0.2) is 0 Å². The second-order valence-corrected chi connectivity index (χ2v) is 6.38. The quantitative estimate of drug-likeness (QED) is 0.716. The number of halogens is 3. The molecule has 0 radical (unpaired) electrons. The molecule has 152 valence electrons. The Hall–Kier alpha value is -3.36. The summed E-state index contributed by atoms with van der Waals surface area (Å²) in [5.41, 5.74) is 1.33. The zero-order valence-corrected chi connectivity index (χ0v) is 15.2. The van der Waals surface area contributed by atoms with Crippen molar-refractivity contribution in [2.24, 2.45) is 0 Å². The molecule has 1 N–H and O–H groups in total. The standard InChI is InChI=1S/C20H17F3N2O4/c21-20(22,23)29-14-9-7-13(8-10-14)12-24-17(26)6-3-11-25-18(27)15-4-1-2-5-16(15)19(25)28/h1-2,4-5,7-10H,3,6,11-12H2,(H,24,26). The molecule has 0 aromatic heterocycles. The van der Waals surface area contributed by atoms with Crippen LogP contribution in [0.4, 0.5) is 13.2 Å². The average molecular weight is 406 g/mol. The van der Waals surface area contributed by atoms with Crippen molar-refractivity contribution in [2.45, 2.75) is 25.7 Å². The summed E-state index contributed by atoms with van der Waals surface area (Å²) in [6, 6.07) is 11.7. The van der Waals surface area contributed by atoms with E-state index in [-0.39, 0.29) is 43.0 Å². The number of fused-ring (bicyclic) bond motifs is 1. The van der Waals surface area contributed by atoms with Crippen molar-refractivity contribution in [2.75, 3.05) is 6.54 Å². The van der Waals surface area contributed by atoms with Gasteiger partial charge in [0, 0.05) is 19.5 Å². The molecule has 2 aromatic carbocycles. The normalized spacial score (nSPS) is 13.4. The van der Waals surface area contributed by atoms with Crippen LogP contribution >= 0.6 is 0 Å². The van der Waals surface area contributed by atoms with E-state index in [1.54, 1.807) is 24.3 Å². The summed E-state index contributed by atoms with van der Waals surface area (Å²) in [6.45, 7) is 0.265. The van der Waals surface area contributed by atoms with Gasteiger partial charge in [-0.15, -0.1) is 13.2 Å². The van der Waals surface area contributed by atoms with E-state index in [1.807, 2.05) is 0 Å². The maximum atomic E-state index is 12.2. The zero-order chi connectivity index (χ0) is 21.0. The molecular formula is C20H17F3N2O4. The molecule has 0 aliphatic carbocycles. The van der Waals surface area contributed by atoms with Crippen LogP contribution < -0.4 is 10.1 Å². The summed E-state index contributed by atoms with van der Waals surface area (Å²) in [5.74, 6) is -1.37. The minimum Gasteiger partial charge on any atom is -0.406 e. The monoisotopic (exact) mass is 406 g/mol. The van der Waals surface area contributed by atoms with Crippen LogP contribution in [0.3, 0.4) is 0 Å². The molecule has 0 spiro atoms. The first-order chi connectivity index (χ1) is 13.7. The van der Waals surface area contributed by atoms with Crippen LogP contribution in [0, 0.1) is 0 Å². The van der Waals surface area contributed by atoms with E-state index in [0.717, 1.165) is 17.0 Å². The summed E-state index contributed by atoms with van der Waals surface area (Å²) in [6.07, 6.45) is -4.35. The topological polar surface area (TPSA) is 75.7 Å². The first kappa shape index (κ1) is 20.4. The smallest absolute Gasteiger partial charge is 0.406 e. The third kappa shape index (κ3) is 5.13. The maximum absolute atomic E-state index is 12.2. The fraction of sp³-hybridized carbons (Fsp3) is 0.250. The third-order valence-electron chi connectivity index (χ3n) is 4.31. The van der Waals surface area contributed by atoms with Crippen LogP contribution in [-0.4, -0.2) is 35.5 Å². The zero-order valence-electron chi connectivity index (χ0n) is 15.2. The van der Waals surface area contributed by atoms with Crippen molar-refractivity contribution in [1.29, 1.82) is 0 Å². The third-order valence-corrected chi connectivity index (χ3v) is 4.31. The number of carbonyl (C=O) groups is 3. The Morgan fingerprint density at radius 2 is 1.55 bits per heavy atom. The molecule has 3 rings (SSSR count). The fourth-order valence-electron chi connectivity index (χ4n) is 2.94. The van der Waals surface area contributed by atoms with Crippen LogP contribution in [0.5, 0.6) is 5.75 Å². The fourth-order valence-corrected chi connectivity index (χ4v) is 2.94. The van der Waals surface area contributed by atoms with Crippen LogP contribution in [-0.2, 0) is 11.3 Å².